The average molecular weight is 514 g/mol. The number of aryl methyl sites for hydroxylation is 1. The second kappa shape index (κ2) is 10.1. The number of imidazole rings is 1. The zero-order valence-corrected chi connectivity index (χ0v) is 22.1. The summed E-state index contributed by atoms with van der Waals surface area (Å²) < 4.78 is 0. The number of hydrogen-bond acceptors (Lipinski definition) is 5. The predicted octanol–water partition coefficient (Wildman–Crippen LogP) is 6.78. The van der Waals surface area contributed by atoms with Gasteiger partial charge in [-0.1, -0.05) is 37.6 Å². The lowest BCUT2D eigenvalue weighted by atomic mass is 9.97. The molecule has 1 saturated heterocycles. The van der Waals surface area contributed by atoms with Gasteiger partial charge in [-0.25, -0.2) is 4.98 Å². The summed E-state index contributed by atoms with van der Waals surface area (Å²) in [6.45, 7) is 5.65. The van der Waals surface area contributed by atoms with E-state index in [0.717, 1.165) is 57.5 Å². The molecular formula is C32H31N7. The van der Waals surface area contributed by atoms with E-state index in [0.29, 0.717) is 0 Å². The van der Waals surface area contributed by atoms with E-state index in [-0.39, 0.29) is 0 Å². The fraction of sp³-hybridized carbons (Fsp3) is 0.250. The number of rotatable bonds is 6. The zero-order chi connectivity index (χ0) is 26.2. The Morgan fingerprint density at radius 1 is 0.821 bits per heavy atom. The number of likely N-dealkylation sites (tertiary alicyclic amines) is 1. The Kier molecular flexibility index (Phi) is 6.13. The SMILES string of the molecule is CCc1cc(CN2CCCCC2)cc(-c2ccc3[nH]nc(-c4nc5c(-c6cccnc6)cncc5[nH]4)c3c2)c1. The van der Waals surface area contributed by atoms with Crippen LogP contribution in [0.15, 0.2) is 73.3 Å². The third-order valence-corrected chi connectivity index (χ3v) is 7.80. The standard InChI is InChI=1S/C32H31N7/c1-2-21-13-22(20-39-11-4-3-5-12-39)15-25(14-21)23-8-9-28-26(16-23)31(38-37-28)32-35-29-19-34-18-27(30(29)36-32)24-7-6-10-33-17-24/h6-10,13-19H,2-5,11-12,20H2,1H3,(H,35,36)(H,37,38). The van der Waals surface area contributed by atoms with Gasteiger partial charge in [-0.3, -0.25) is 20.0 Å². The molecule has 0 radical (unpaired) electrons. The lowest BCUT2D eigenvalue weighted by Gasteiger charge is -2.26. The van der Waals surface area contributed by atoms with Gasteiger partial charge >= 0.3 is 0 Å². The zero-order valence-electron chi connectivity index (χ0n) is 22.1. The minimum Gasteiger partial charge on any atom is -0.335 e. The Morgan fingerprint density at radius 3 is 2.56 bits per heavy atom. The van der Waals surface area contributed by atoms with Crippen molar-refractivity contribution in [3.05, 3.63) is 84.4 Å². The topological polar surface area (TPSA) is 86.4 Å². The van der Waals surface area contributed by atoms with E-state index < -0.39 is 0 Å². The first kappa shape index (κ1) is 23.7. The van der Waals surface area contributed by atoms with E-state index in [1.165, 1.54) is 54.6 Å². The number of aromatic amines is 2. The third kappa shape index (κ3) is 4.59. The van der Waals surface area contributed by atoms with Crippen LogP contribution in [0, 0.1) is 0 Å². The molecule has 1 aliphatic rings. The number of fused-ring (bicyclic) bond motifs is 2. The molecule has 0 atom stereocenters. The molecule has 1 aliphatic heterocycles. The molecule has 0 spiro atoms. The molecule has 0 amide bonds. The summed E-state index contributed by atoms with van der Waals surface area (Å²) in [5, 5.41) is 8.91. The largest absolute Gasteiger partial charge is 0.335 e. The van der Waals surface area contributed by atoms with Crippen LogP contribution in [0.5, 0.6) is 0 Å². The molecule has 5 heterocycles. The Balaban J connectivity index is 1.28. The third-order valence-electron chi connectivity index (χ3n) is 7.80. The van der Waals surface area contributed by atoms with Gasteiger partial charge in [0.15, 0.2) is 5.82 Å². The number of H-pyrrole nitrogens is 2. The maximum atomic E-state index is 4.98. The molecule has 1 fully saturated rings. The monoisotopic (exact) mass is 513 g/mol. The number of aromatic nitrogens is 6. The molecule has 7 rings (SSSR count). The lowest BCUT2D eigenvalue weighted by molar-refractivity contribution is 0.221. The summed E-state index contributed by atoms with van der Waals surface area (Å²) in [4.78, 5) is 19.7. The van der Waals surface area contributed by atoms with E-state index >= 15 is 0 Å². The van der Waals surface area contributed by atoms with E-state index in [1.807, 2.05) is 30.7 Å². The maximum Gasteiger partial charge on any atom is 0.159 e. The first-order valence-corrected chi connectivity index (χ1v) is 13.8. The Hall–Kier alpha value is -4.36. The summed E-state index contributed by atoms with van der Waals surface area (Å²) >= 11 is 0. The summed E-state index contributed by atoms with van der Waals surface area (Å²) in [6.07, 6.45) is 12.3. The molecule has 194 valence electrons. The molecule has 7 nitrogen and oxygen atoms in total. The quantitative estimate of drug-likeness (QED) is 0.256. The highest BCUT2D eigenvalue weighted by Crippen LogP contribution is 2.33. The van der Waals surface area contributed by atoms with Gasteiger partial charge in [-0.15, -0.1) is 0 Å². The Morgan fingerprint density at radius 2 is 1.72 bits per heavy atom. The fourth-order valence-corrected chi connectivity index (χ4v) is 5.75. The van der Waals surface area contributed by atoms with E-state index in [9.17, 15) is 0 Å². The number of benzene rings is 2. The van der Waals surface area contributed by atoms with Crippen molar-refractivity contribution in [1.82, 2.24) is 35.0 Å². The second-order valence-corrected chi connectivity index (χ2v) is 10.5. The first-order valence-electron chi connectivity index (χ1n) is 13.8. The van der Waals surface area contributed by atoms with Crippen molar-refractivity contribution in [2.75, 3.05) is 13.1 Å². The molecule has 4 aromatic heterocycles. The van der Waals surface area contributed by atoms with Crippen molar-refractivity contribution in [2.45, 2.75) is 39.2 Å². The van der Waals surface area contributed by atoms with Crippen LogP contribution in [-0.2, 0) is 13.0 Å². The van der Waals surface area contributed by atoms with Crippen LogP contribution < -0.4 is 0 Å². The van der Waals surface area contributed by atoms with Gasteiger partial charge < -0.3 is 4.98 Å². The van der Waals surface area contributed by atoms with Gasteiger partial charge in [0, 0.05) is 41.6 Å². The van der Waals surface area contributed by atoms with Crippen LogP contribution in [-0.4, -0.2) is 48.1 Å². The number of piperidine rings is 1. The average Bonchev–Trinajstić information content (AvgIpc) is 3.61. The van der Waals surface area contributed by atoms with Crippen molar-refractivity contribution in [2.24, 2.45) is 0 Å². The van der Waals surface area contributed by atoms with Gasteiger partial charge in [0.25, 0.3) is 0 Å². The maximum absolute atomic E-state index is 4.98. The molecule has 7 heteroatoms. The van der Waals surface area contributed by atoms with Crippen molar-refractivity contribution >= 4 is 21.9 Å². The highest BCUT2D eigenvalue weighted by molar-refractivity contribution is 5.98. The molecule has 2 aromatic carbocycles. The van der Waals surface area contributed by atoms with Crippen LogP contribution in [0.3, 0.4) is 0 Å². The highest BCUT2D eigenvalue weighted by Gasteiger charge is 2.17. The molecule has 0 unspecified atom stereocenters. The molecule has 2 N–H and O–H groups in total. The van der Waals surface area contributed by atoms with E-state index in [2.05, 4.69) is 73.4 Å². The van der Waals surface area contributed by atoms with Gasteiger partial charge in [0.2, 0.25) is 0 Å². The number of nitrogens with zero attached hydrogens (tertiary/aromatic N) is 5. The minimum absolute atomic E-state index is 0.722. The van der Waals surface area contributed by atoms with Crippen molar-refractivity contribution in [1.29, 1.82) is 0 Å². The normalized spacial score (nSPS) is 14.4. The van der Waals surface area contributed by atoms with Crippen LogP contribution in [0.4, 0.5) is 0 Å². The lowest BCUT2D eigenvalue weighted by Crippen LogP contribution is -2.29. The predicted molar refractivity (Wildman–Crippen MR) is 156 cm³/mol. The summed E-state index contributed by atoms with van der Waals surface area (Å²) in [7, 11) is 0. The van der Waals surface area contributed by atoms with Gasteiger partial charge in [0.1, 0.15) is 11.2 Å². The number of hydrogen-bond donors (Lipinski definition) is 2. The smallest absolute Gasteiger partial charge is 0.159 e. The molecule has 6 aromatic rings. The summed E-state index contributed by atoms with van der Waals surface area (Å²) in [6, 6.07) is 17.6. The minimum atomic E-state index is 0.722. The second-order valence-electron chi connectivity index (χ2n) is 10.5. The van der Waals surface area contributed by atoms with Crippen LogP contribution in [0.1, 0.15) is 37.3 Å². The summed E-state index contributed by atoms with van der Waals surface area (Å²) in [5.74, 6) is 0.722. The summed E-state index contributed by atoms with van der Waals surface area (Å²) in [5.41, 5.74) is 10.7. The molecule has 0 bridgehead atoms. The van der Waals surface area contributed by atoms with E-state index in [1.54, 1.807) is 6.20 Å². The molecule has 0 aliphatic carbocycles. The van der Waals surface area contributed by atoms with Crippen molar-refractivity contribution in [3.8, 4) is 33.8 Å². The number of nitrogens with one attached hydrogen (secondary N) is 2. The fourth-order valence-electron chi connectivity index (χ4n) is 5.75. The van der Waals surface area contributed by atoms with Crippen LogP contribution in [0.25, 0.3) is 55.7 Å². The van der Waals surface area contributed by atoms with Gasteiger partial charge in [0.05, 0.1) is 17.2 Å². The van der Waals surface area contributed by atoms with E-state index in [4.69, 9.17) is 4.98 Å². The van der Waals surface area contributed by atoms with Gasteiger partial charge in [-0.2, -0.15) is 5.10 Å². The first-order chi connectivity index (χ1) is 19.2. The molecule has 0 saturated carbocycles. The van der Waals surface area contributed by atoms with Gasteiger partial charge in [-0.05, 0) is 78.9 Å². The van der Waals surface area contributed by atoms with Crippen LogP contribution >= 0.6 is 0 Å². The molecular weight excluding hydrogens is 482 g/mol. The van der Waals surface area contributed by atoms with Crippen LogP contribution in [0.2, 0.25) is 0 Å². The van der Waals surface area contributed by atoms with Crippen molar-refractivity contribution in [3.63, 3.8) is 0 Å². The number of pyridine rings is 2. The molecule has 39 heavy (non-hydrogen) atoms. The van der Waals surface area contributed by atoms with Crippen molar-refractivity contribution < 1.29 is 0 Å². The Bertz CT molecular complexity index is 1760. The Labute approximate surface area is 227 Å². The highest BCUT2D eigenvalue weighted by atomic mass is 15.1.